The molecule has 2 N–H and O–H groups in total. The summed E-state index contributed by atoms with van der Waals surface area (Å²) in [6, 6.07) is 14.1. The van der Waals surface area contributed by atoms with E-state index in [1.165, 1.54) is 12.1 Å². The van der Waals surface area contributed by atoms with Crippen LogP contribution in [0.15, 0.2) is 62.3 Å². The molecule has 0 aliphatic heterocycles. The summed E-state index contributed by atoms with van der Waals surface area (Å²) in [5.41, 5.74) is 6.82. The molecule has 1 aromatic heterocycles. The standard InChI is InChI=1S/C16H13BrFNOS/c17-11-2-1-3-13(8-11)21-9-14(19)16-7-10-6-12(18)4-5-15(10)20-16/h1-8,14H,9,19H2. The first kappa shape index (κ1) is 14.6. The molecule has 1 atom stereocenters. The zero-order valence-electron chi connectivity index (χ0n) is 11.1. The second kappa shape index (κ2) is 6.22. The molecule has 1 unspecified atom stereocenters. The van der Waals surface area contributed by atoms with Crippen LogP contribution in [0.4, 0.5) is 4.39 Å². The van der Waals surface area contributed by atoms with Crippen LogP contribution in [-0.4, -0.2) is 5.75 Å². The van der Waals surface area contributed by atoms with Crippen molar-refractivity contribution >= 4 is 38.7 Å². The van der Waals surface area contributed by atoms with Gasteiger partial charge in [-0.1, -0.05) is 22.0 Å². The molecule has 0 saturated carbocycles. The summed E-state index contributed by atoms with van der Waals surface area (Å²) in [6.45, 7) is 0. The van der Waals surface area contributed by atoms with Gasteiger partial charge < -0.3 is 10.2 Å². The fourth-order valence-electron chi connectivity index (χ4n) is 2.04. The van der Waals surface area contributed by atoms with E-state index in [4.69, 9.17) is 10.2 Å². The van der Waals surface area contributed by atoms with E-state index < -0.39 is 0 Å². The van der Waals surface area contributed by atoms with Crippen LogP contribution in [0.25, 0.3) is 11.0 Å². The fourth-order valence-corrected chi connectivity index (χ4v) is 3.51. The van der Waals surface area contributed by atoms with Gasteiger partial charge in [0.2, 0.25) is 0 Å². The molecule has 0 saturated heterocycles. The van der Waals surface area contributed by atoms with Gasteiger partial charge in [0.15, 0.2) is 0 Å². The average Bonchev–Trinajstić information content (AvgIpc) is 2.88. The van der Waals surface area contributed by atoms with E-state index >= 15 is 0 Å². The van der Waals surface area contributed by atoms with Crippen LogP contribution in [0.5, 0.6) is 0 Å². The Kier molecular flexibility index (Phi) is 4.33. The largest absolute Gasteiger partial charge is 0.459 e. The summed E-state index contributed by atoms with van der Waals surface area (Å²) in [5.74, 6) is 1.10. The minimum atomic E-state index is -0.271. The van der Waals surface area contributed by atoms with Gasteiger partial charge in [0, 0.05) is 20.5 Å². The van der Waals surface area contributed by atoms with Gasteiger partial charge >= 0.3 is 0 Å². The zero-order chi connectivity index (χ0) is 14.8. The van der Waals surface area contributed by atoms with Gasteiger partial charge in [0.25, 0.3) is 0 Å². The summed E-state index contributed by atoms with van der Waals surface area (Å²) < 4.78 is 19.9. The number of nitrogens with two attached hydrogens (primary N) is 1. The van der Waals surface area contributed by atoms with E-state index in [0.717, 1.165) is 14.8 Å². The van der Waals surface area contributed by atoms with Crippen LogP contribution in [0.3, 0.4) is 0 Å². The topological polar surface area (TPSA) is 39.2 Å². The Morgan fingerprint density at radius 3 is 2.86 bits per heavy atom. The number of thioether (sulfide) groups is 1. The highest BCUT2D eigenvalue weighted by Crippen LogP contribution is 2.29. The van der Waals surface area contributed by atoms with Crippen LogP contribution in [0, 0.1) is 5.82 Å². The number of benzene rings is 2. The molecular formula is C16H13BrFNOS. The van der Waals surface area contributed by atoms with Crippen molar-refractivity contribution in [1.29, 1.82) is 0 Å². The first-order valence-electron chi connectivity index (χ1n) is 6.45. The smallest absolute Gasteiger partial charge is 0.134 e. The second-order valence-corrected chi connectivity index (χ2v) is 6.71. The van der Waals surface area contributed by atoms with E-state index in [2.05, 4.69) is 15.9 Å². The Balaban J connectivity index is 1.73. The molecule has 0 spiro atoms. The Morgan fingerprint density at radius 1 is 1.19 bits per heavy atom. The van der Waals surface area contributed by atoms with Crippen LogP contribution in [-0.2, 0) is 0 Å². The van der Waals surface area contributed by atoms with Crippen LogP contribution in [0.1, 0.15) is 11.8 Å². The SMILES string of the molecule is NC(CSc1cccc(Br)c1)c1cc2cc(F)ccc2o1. The number of halogens is 2. The highest BCUT2D eigenvalue weighted by atomic mass is 79.9. The van der Waals surface area contributed by atoms with E-state index in [0.29, 0.717) is 17.1 Å². The van der Waals surface area contributed by atoms with Crippen LogP contribution < -0.4 is 5.73 Å². The number of rotatable bonds is 4. The summed E-state index contributed by atoms with van der Waals surface area (Å²) in [7, 11) is 0. The molecule has 0 bridgehead atoms. The first-order valence-corrected chi connectivity index (χ1v) is 8.22. The highest BCUT2D eigenvalue weighted by molar-refractivity contribution is 9.10. The highest BCUT2D eigenvalue weighted by Gasteiger charge is 2.13. The summed E-state index contributed by atoms with van der Waals surface area (Å²) in [4.78, 5) is 1.14. The predicted octanol–water partition coefficient (Wildman–Crippen LogP) is 5.13. The van der Waals surface area contributed by atoms with Crippen LogP contribution >= 0.6 is 27.7 Å². The van der Waals surface area contributed by atoms with Crippen molar-refractivity contribution in [1.82, 2.24) is 0 Å². The molecule has 108 valence electrons. The molecule has 0 aliphatic carbocycles. The molecule has 0 amide bonds. The molecule has 2 nitrogen and oxygen atoms in total. The Hall–Kier alpha value is -1.30. The Bertz CT molecular complexity index is 774. The molecule has 2 aromatic carbocycles. The van der Waals surface area contributed by atoms with Gasteiger partial charge in [-0.25, -0.2) is 4.39 Å². The molecule has 5 heteroatoms. The van der Waals surface area contributed by atoms with Crippen LogP contribution in [0.2, 0.25) is 0 Å². The maximum Gasteiger partial charge on any atom is 0.134 e. The number of hydrogen-bond acceptors (Lipinski definition) is 3. The minimum absolute atomic E-state index is 0.232. The summed E-state index contributed by atoms with van der Waals surface area (Å²) in [5, 5.41) is 0.743. The lowest BCUT2D eigenvalue weighted by molar-refractivity contribution is 0.515. The molecule has 0 aliphatic rings. The van der Waals surface area contributed by atoms with Crippen molar-refractivity contribution in [3.63, 3.8) is 0 Å². The van der Waals surface area contributed by atoms with Gasteiger partial charge in [0.05, 0.1) is 6.04 Å². The van der Waals surface area contributed by atoms with Crippen molar-refractivity contribution in [3.8, 4) is 0 Å². The Labute approximate surface area is 134 Å². The molecule has 1 heterocycles. The van der Waals surface area contributed by atoms with E-state index in [-0.39, 0.29) is 11.9 Å². The van der Waals surface area contributed by atoms with Crippen molar-refractivity contribution in [2.45, 2.75) is 10.9 Å². The van der Waals surface area contributed by atoms with Crippen molar-refractivity contribution in [3.05, 3.63) is 64.6 Å². The summed E-state index contributed by atoms with van der Waals surface area (Å²) >= 11 is 5.11. The zero-order valence-corrected chi connectivity index (χ0v) is 13.5. The van der Waals surface area contributed by atoms with Gasteiger partial charge in [-0.2, -0.15) is 0 Å². The first-order chi connectivity index (χ1) is 10.1. The van der Waals surface area contributed by atoms with Gasteiger partial charge in [-0.15, -0.1) is 11.8 Å². The molecule has 21 heavy (non-hydrogen) atoms. The lowest BCUT2D eigenvalue weighted by atomic mass is 10.2. The molecule has 3 aromatic rings. The third-order valence-corrected chi connectivity index (χ3v) is 4.69. The lowest BCUT2D eigenvalue weighted by Crippen LogP contribution is -2.11. The second-order valence-electron chi connectivity index (χ2n) is 4.71. The third kappa shape index (κ3) is 3.48. The monoisotopic (exact) mass is 365 g/mol. The van der Waals surface area contributed by atoms with E-state index in [9.17, 15) is 4.39 Å². The Morgan fingerprint density at radius 2 is 2.05 bits per heavy atom. The van der Waals surface area contributed by atoms with Gasteiger partial charge in [-0.3, -0.25) is 0 Å². The molecule has 0 radical (unpaired) electrons. The lowest BCUT2D eigenvalue weighted by Gasteiger charge is -2.08. The number of fused-ring (bicyclic) bond motifs is 1. The van der Waals surface area contributed by atoms with Crippen molar-refractivity contribution in [2.24, 2.45) is 5.73 Å². The molecule has 3 rings (SSSR count). The normalized spacial score (nSPS) is 12.7. The maximum absolute atomic E-state index is 13.2. The predicted molar refractivity (Wildman–Crippen MR) is 88.0 cm³/mol. The fraction of sp³-hybridized carbons (Fsp3) is 0.125. The maximum atomic E-state index is 13.2. The van der Waals surface area contributed by atoms with Crippen molar-refractivity contribution in [2.75, 3.05) is 5.75 Å². The number of furan rings is 1. The minimum Gasteiger partial charge on any atom is -0.459 e. The van der Waals surface area contributed by atoms with E-state index in [1.807, 2.05) is 30.3 Å². The van der Waals surface area contributed by atoms with Gasteiger partial charge in [0.1, 0.15) is 17.2 Å². The van der Waals surface area contributed by atoms with Crippen molar-refractivity contribution < 1.29 is 8.81 Å². The third-order valence-electron chi connectivity index (χ3n) is 3.09. The number of hydrogen-bond donors (Lipinski definition) is 1. The quantitative estimate of drug-likeness (QED) is 0.651. The molecule has 0 fully saturated rings. The van der Waals surface area contributed by atoms with Gasteiger partial charge in [-0.05, 0) is 42.5 Å². The summed E-state index contributed by atoms with van der Waals surface area (Å²) in [6.07, 6.45) is 0. The van der Waals surface area contributed by atoms with E-state index in [1.54, 1.807) is 17.8 Å². The molecular weight excluding hydrogens is 353 g/mol. The average molecular weight is 366 g/mol.